The Morgan fingerprint density at radius 2 is 1.90 bits per heavy atom. The van der Waals surface area contributed by atoms with Crippen LogP contribution in [0.3, 0.4) is 0 Å². The Morgan fingerprint density at radius 3 is 2.55 bits per heavy atom. The molecule has 1 aromatic carbocycles. The molecular weight excluding hydrogens is 317 g/mol. The van der Waals surface area contributed by atoms with Crippen LogP contribution in [0.25, 0.3) is 0 Å². The van der Waals surface area contributed by atoms with Crippen molar-refractivity contribution in [3.05, 3.63) is 27.7 Å². The van der Waals surface area contributed by atoms with E-state index in [9.17, 15) is 8.42 Å². The second kappa shape index (κ2) is 6.22. The molecule has 1 aliphatic rings. The first kappa shape index (κ1) is 16.1. The minimum absolute atomic E-state index is 0.0857. The first-order chi connectivity index (χ1) is 9.37. The molecule has 0 aliphatic carbocycles. The summed E-state index contributed by atoms with van der Waals surface area (Å²) in [7, 11) is -3.50. The maximum absolute atomic E-state index is 12.9. The van der Waals surface area contributed by atoms with E-state index in [0.29, 0.717) is 17.1 Å². The van der Waals surface area contributed by atoms with E-state index in [-0.39, 0.29) is 16.0 Å². The van der Waals surface area contributed by atoms with Gasteiger partial charge in [-0.05, 0) is 43.9 Å². The first-order valence-corrected chi connectivity index (χ1v) is 9.05. The highest BCUT2D eigenvalue weighted by Crippen LogP contribution is 2.32. The molecule has 20 heavy (non-hydrogen) atoms. The fraction of sp³-hybridized carbons (Fsp3) is 0.571. The van der Waals surface area contributed by atoms with Crippen LogP contribution in [0.2, 0.25) is 10.0 Å². The van der Waals surface area contributed by atoms with Gasteiger partial charge in [-0.3, -0.25) is 0 Å². The van der Waals surface area contributed by atoms with Crippen LogP contribution >= 0.6 is 23.2 Å². The molecule has 0 amide bonds. The molecule has 6 heteroatoms. The molecule has 1 unspecified atom stereocenters. The predicted molar refractivity (Wildman–Crippen MR) is 83.0 cm³/mol. The van der Waals surface area contributed by atoms with Crippen molar-refractivity contribution in [2.24, 2.45) is 0 Å². The summed E-state index contributed by atoms with van der Waals surface area (Å²) in [6.45, 7) is 4.36. The van der Waals surface area contributed by atoms with Gasteiger partial charge in [0.15, 0.2) is 0 Å². The average Bonchev–Trinajstić information content (AvgIpc) is 2.42. The van der Waals surface area contributed by atoms with Gasteiger partial charge < -0.3 is 0 Å². The van der Waals surface area contributed by atoms with Gasteiger partial charge in [-0.15, -0.1) is 0 Å². The molecule has 0 N–H and O–H groups in total. The van der Waals surface area contributed by atoms with E-state index in [1.54, 1.807) is 17.3 Å². The van der Waals surface area contributed by atoms with Gasteiger partial charge in [0.25, 0.3) is 0 Å². The number of halogens is 2. The van der Waals surface area contributed by atoms with Crippen molar-refractivity contribution in [3.63, 3.8) is 0 Å². The molecule has 112 valence electrons. The minimum Gasteiger partial charge on any atom is -0.207 e. The van der Waals surface area contributed by atoms with Crippen LogP contribution < -0.4 is 0 Å². The molecule has 0 saturated carbocycles. The van der Waals surface area contributed by atoms with Gasteiger partial charge in [-0.25, -0.2) is 8.42 Å². The van der Waals surface area contributed by atoms with Crippen molar-refractivity contribution in [2.75, 3.05) is 6.54 Å². The largest absolute Gasteiger partial charge is 0.243 e. The lowest BCUT2D eigenvalue weighted by molar-refractivity contribution is 0.246. The molecule has 0 bridgehead atoms. The van der Waals surface area contributed by atoms with E-state index in [4.69, 9.17) is 23.2 Å². The van der Waals surface area contributed by atoms with E-state index in [0.717, 1.165) is 25.7 Å². The van der Waals surface area contributed by atoms with Crippen molar-refractivity contribution in [1.29, 1.82) is 0 Å². The van der Waals surface area contributed by atoms with Crippen LogP contribution in [-0.2, 0) is 10.0 Å². The van der Waals surface area contributed by atoms with E-state index >= 15 is 0 Å². The summed E-state index contributed by atoms with van der Waals surface area (Å²) in [5.74, 6) is 0. The lowest BCUT2D eigenvalue weighted by Crippen LogP contribution is -2.43. The third kappa shape index (κ3) is 2.98. The van der Waals surface area contributed by atoms with E-state index in [2.05, 4.69) is 0 Å². The summed E-state index contributed by atoms with van der Waals surface area (Å²) in [6.07, 6.45) is 3.76. The topological polar surface area (TPSA) is 37.4 Å². The molecule has 1 aromatic rings. The van der Waals surface area contributed by atoms with Crippen molar-refractivity contribution in [2.45, 2.75) is 50.5 Å². The van der Waals surface area contributed by atoms with Gasteiger partial charge in [0.05, 0.1) is 14.9 Å². The zero-order valence-electron chi connectivity index (χ0n) is 11.7. The SMILES string of the molecule is CCC1CCCCN1S(=O)(=O)c1cc(Cl)c(Cl)cc1C. The molecule has 1 atom stereocenters. The molecule has 1 heterocycles. The van der Waals surface area contributed by atoms with Crippen molar-refractivity contribution in [1.82, 2.24) is 4.31 Å². The number of rotatable bonds is 3. The molecule has 1 saturated heterocycles. The second-order valence-corrected chi connectivity index (χ2v) is 7.88. The zero-order chi connectivity index (χ0) is 14.9. The van der Waals surface area contributed by atoms with E-state index < -0.39 is 10.0 Å². The van der Waals surface area contributed by atoms with Gasteiger partial charge in [-0.1, -0.05) is 36.5 Å². The quantitative estimate of drug-likeness (QED) is 0.827. The van der Waals surface area contributed by atoms with Crippen LogP contribution in [0.4, 0.5) is 0 Å². The molecule has 2 rings (SSSR count). The van der Waals surface area contributed by atoms with E-state index in [1.807, 2.05) is 6.92 Å². The molecule has 0 radical (unpaired) electrons. The Hall–Kier alpha value is -0.290. The number of benzene rings is 1. The van der Waals surface area contributed by atoms with Gasteiger partial charge in [0.1, 0.15) is 0 Å². The summed E-state index contributed by atoms with van der Waals surface area (Å²) in [4.78, 5) is 0.271. The molecule has 3 nitrogen and oxygen atoms in total. The van der Waals surface area contributed by atoms with Gasteiger partial charge in [0.2, 0.25) is 10.0 Å². The van der Waals surface area contributed by atoms with Crippen LogP contribution in [0.15, 0.2) is 17.0 Å². The summed E-state index contributed by atoms with van der Waals surface area (Å²) >= 11 is 11.9. The zero-order valence-corrected chi connectivity index (χ0v) is 14.0. The number of aryl methyl sites for hydroxylation is 1. The maximum atomic E-state index is 12.9. The Balaban J connectivity index is 2.46. The lowest BCUT2D eigenvalue weighted by Gasteiger charge is -2.34. The molecule has 1 fully saturated rings. The molecular formula is C14H19Cl2NO2S. The fourth-order valence-corrected chi connectivity index (χ4v) is 5.18. The summed E-state index contributed by atoms with van der Waals surface area (Å²) < 4.78 is 27.4. The van der Waals surface area contributed by atoms with E-state index in [1.165, 1.54) is 6.07 Å². The Kier molecular flexibility index (Phi) is 5.00. The highest BCUT2D eigenvalue weighted by atomic mass is 35.5. The molecule has 0 spiro atoms. The van der Waals surface area contributed by atoms with Crippen molar-refractivity contribution >= 4 is 33.2 Å². The minimum atomic E-state index is -3.50. The Labute approximate surface area is 130 Å². The average molecular weight is 336 g/mol. The third-order valence-corrected chi connectivity index (χ3v) is 6.66. The normalized spacial score (nSPS) is 21.1. The molecule has 0 aromatic heterocycles. The lowest BCUT2D eigenvalue weighted by atomic mass is 10.0. The number of hydrogen-bond acceptors (Lipinski definition) is 2. The highest BCUT2D eigenvalue weighted by molar-refractivity contribution is 7.89. The van der Waals surface area contributed by atoms with Crippen LogP contribution in [0.5, 0.6) is 0 Å². The fourth-order valence-electron chi connectivity index (χ4n) is 2.73. The number of hydrogen-bond donors (Lipinski definition) is 0. The van der Waals surface area contributed by atoms with Gasteiger partial charge >= 0.3 is 0 Å². The van der Waals surface area contributed by atoms with Gasteiger partial charge in [0, 0.05) is 12.6 Å². The highest BCUT2D eigenvalue weighted by Gasteiger charge is 2.33. The molecule has 1 aliphatic heterocycles. The summed E-state index contributed by atoms with van der Waals surface area (Å²) in [5, 5.41) is 0.662. The monoisotopic (exact) mass is 335 g/mol. The maximum Gasteiger partial charge on any atom is 0.243 e. The third-order valence-electron chi connectivity index (χ3n) is 3.85. The first-order valence-electron chi connectivity index (χ1n) is 6.85. The van der Waals surface area contributed by atoms with Gasteiger partial charge in [-0.2, -0.15) is 4.31 Å². The van der Waals surface area contributed by atoms with Crippen LogP contribution in [0, 0.1) is 6.92 Å². The summed E-state index contributed by atoms with van der Waals surface area (Å²) in [5.41, 5.74) is 0.639. The van der Waals surface area contributed by atoms with Crippen molar-refractivity contribution < 1.29 is 8.42 Å². The summed E-state index contributed by atoms with van der Waals surface area (Å²) in [6, 6.07) is 3.17. The standard InChI is InChI=1S/C14H19Cl2NO2S/c1-3-11-6-4-5-7-17(11)20(18,19)14-9-13(16)12(15)8-10(14)2/h8-9,11H,3-7H2,1-2H3. The number of sulfonamides is 1. The second-order valence-electron chi connectivity index (χ2n) is 5.21. The number of piperidine rings is 1. The van der Waals surface area contributed by atoms with Crippen molar-refractivity contribution in [3.8, 4) is 0 Å². The number of nitrogens with zero attached hydrogens (tertiary/aromatic N) is 1. The van der Waals surface area contributed by atoms with Crippen LogP contribution in [-0.4, -0.2) is 25.3 Å². The smallest absolute Gasteiger partial charge is 0.207 e. The Morgan fingerprint density at radius 1 is 1.25 bits per heavy atom. The Bertz CT molecular complexity index is 601. The van der Waals surface area contributed by atoms with Crippen LogP contribution in [0.1, 0.15) is 38.2 Å². The predicted octanol–water partition coefficient (Wildman–Crippen LogP) is 4.26.